The number of unbranched alkanes of at least 4 members (excludes halogenated alkanes) is 32. The molecule has 0 aliphatic carbocycles. The van der Waals surface area contributed by atoms with Gasteiger partial charge in [0.15, 0.2) is 0 Å². The molecule has 0 amide bonds. The fourth-order valence-corrected chi connectivity index (χ4v) is 6.94. The second-order valence-electron chi connectivity index (χ2n) is 15.2. The Hall–Kier alpha value is -1.78. The highest BCUT2D eigenvalue weighted by atomic mass is 16.6. The minimum Gasteiger partial charge on any atom is -0.462 e. The van der Waals surface area contributed by atoms with Crippen LogP contribution < -0.4 is 9.47 Å². The van der Waals surface area contributed by atoms with Gasteiger partial charge in [-0.1, -0.05) is 219 Å². The van der Waals surface area contributed by atoms with E-state index >= 15 is 0 Å². The highest BCUT2D eigenvalue weighted by Gasteiger charge is 2.19. The molecule has 0 saturated heterocycles. The van der Waals surface area contributed by atoms with Gasteiger partial charge in [-0.15, -0.1) is 0 Å². The van der Waals surface area contributed by atoms with Crippen LogP contribution in [0.2, 0.25) is 0 Å². The van der Waals surface area contributed by atoms with Gasteiger partial charge in [-0.2, -0.15) is 0 Å². The first-order chi connectivity index (χ1) is 24.6. The molecule has 50 heavy (non-hydrogen) atoms. The van der Waals surface area contributed by atoms with E-state index in [1.54, 1.807) is 6.92 Å². The van der Waals surface area contributed by atoms with Crippen molar-refractivity contribution in [2.24, 2.45) is 0 Å². The minimum absolute atomic E-state index is 0.218. The van der Waals surface area contributed by atoms with Gasteiger partial charge in [0, 0.05) is 12.8 Å². The number of hydrogen-bond donors (Lipinski definition) is 0. The van der Waals surface area contributed by atoms with E-state index in [2.05, 4.69) is 13.8 Å². The zero-order valence-electron chi connectivity index (χ0n) is 33.6. The smallest absolute Gasteiger partial charge is 0.311 e. The Morgan fingerprint density at radius 2 is 0.680 bits per heavy atom. The molecule has 5 heteroatoms. The Bertz CT molecular complexity index is 890. The molecule has 0 spiro atoms. The van der Waals surface area contributed by atoms with Crippen LogP contribution in [0.15, 0.2) is 10.7 Å². The van der Waals surface area contributed by atoms with E-state index in [-0.39, 0.29) is 23.4 Å². The lowest BCUT2D eigenvalue weighted by Crippen LogP contribution is -2.11. The molecule has 1 aromatic rings. The molecular formula is C45H82O5. The molecule has 0 unspecified atom stereocenters. The average molecular weight is 703 g/mol. The first-order valence-electron chi connectivity index (χ1n) is 22.1. The lowest BCUT2D eigenvalue weighted by molar-refractivity contribution is -0.137. The molecule has 0 fully saturated rings. The number of esters is 2. The summed E-state index contributed by atoms with van der Waals surface area (Å²) in [6.45, 7) is 6.29. The van der Waals surface area contributed by atoms with Crippen LogP contribution in [0.5, 0.6) is 11.5 Å². The van der Waals surface area contributed by atoms with Crippen LogP contribution in [-0.4, -0.2) is 11.9 Å². The molecule has 0 saturated carbocycles. The summed E-state index contributed by atoms with van der Waals surface area (Å²) in [6, 6.07) is 0. The normalized spacial score (nSPS) is 11.3. The summed E-state index contributed by atoms with van der Waals surface area (Å²) in [5, 5.41) is 0. The Morgan fingerprint density at radius 3 is 0.980 bits per heavy atom. The first kappa shape index (κ1) is 46.2. The third-order valence-electron chi connectivity index (χ3n) is 10.3. The quantitative estimate of drug-likeness (QED) is 0.0507. The summed E-state index contributed by atoms with van der Waals surface area (Å²) in [5.41, 5.74) is 0. The van der Waals surface area contributed by atoms with Crippen LogP contribution in [0, 0.1) is 6.92 Å². The third kappa shape index (κ3) is 28.9. The largest absolute Gasteiger partial charge is 0.462 e. The Labute approximate surface area is 310 Å². The zero-order chi connectivity index (χ0) is 36.2. The third-order valence-corrected chi connectivity index (χ3v) is 10.3. The molecule has 0 atom stereocenters. The molecule has 0 aliphatic rings. The van der Waals surface area contributed by atoms with E-state index in [1.165, 1.54) is 192 Å². The standard InChI is InChI=1S/C45H82O5/c1-4-6-8-10-12-14-16-18-20-22-24-26-28-30-32-34-36-38-43(46)49-42-40-48-41(3)45(42)50-44(47)39-37-35-33-31-29-27-25-23-21-19-17-15-13-11-9-7-5-2/h40H,4-39H2,1-3H3. The highest BCUT2D eigenvalue weighted by molar-refractivity contribution is 5.76. The second-order valence-corrected chi connectivity index (χ2v) is 15.2. The maximum Gasteiger partial charge on any atom is 0.311 e. The number of carbonyl (C=O) groups is 2. The Morgan fingerprint density at radius 1 is 0.420 bits per heavy atom. The molecule has 0 N–H and O–H groups in total. The number of aryl methyl sites for hydroxylation is 1. The monoisotopic (exact) mass is 703 g/mol. The molecule has 1 aromatic heterocycles. The van der Waals surface area contributed by atoms with Crippen molar-refractivity contribution >= 4 is 11.9 Å². The predicted molar refractivity (Wildman–Crippen MR) is 212 cm³/mol. The molecule has 0 aliphatic heterocycles. The van der Waals surface area contributed by atoms with Crippen molar-refractivity contribution in [3.63, 3.8) is 0 Å². The highest BCUT2D eigenvalue weighted by Crippen LogP contribution is 2.34. The van der Waals surface area contributed by atoms with Gasteiger partial charge in [-0.25, -0.2) is 0 Å². The maximum absolute atomic E-state index is 12.5. The van der Waals surface area contributed by atoms with Gasteiger partial charge in [0.05, 0.1) is 0 Å². The van der Waals surface area contributed by atoms with Gasteiger partial charge in [-0.3, -0.25) is 9.59 Å². The SMILES string of the molecule is CCCCCCCCCCCCCCCCCCCC(=O)Oc1coc(C)c1OC(=O)CCCCCCCCCCCCCCCCCCC. The van der Waals surface area contributed by atoms with Crippen molar-refractivity contribution in [1.29, 1.82) is 0 Å². The minimum atomic E-state index is -0.294. The lowest BCUT2D eigenvalue weighted by atomic mass is 10.0. The molecule has 1 heterocycles. The van der Waals surface area contributed by atoms with Gasteiger partial charge < -0.3 is 13.9 Å². The molecule has 0 bridgehead atoms. The first-order valence-corrected chi connectivity index (χ1v) is 22.1. The fourth-order valence-electron chi connectivity index (χ4n) is 6.94. The number of rotatable bonds is 38. The Balaban J connectivity index is 1.97. The van der Waals surface area contributed by atoms with E-state index in [0.717, 1.165) is 32.1 Å². The van der Waals surface area contributed by atoms with Crippen LogP contribution in [0.25, 0.3) is 0 Å². The second kappa shape index (κ2) is 35.6. The molecule has 5 nitrogen and oxygen atoms in total. The van der Waals surface area contributed by atoms with Crippen molar-refractivity contribution in [2.75, 3.05) is 0 Å². The van der Waals surface area contributed by atoms with Gasteiger partial charge in [0.25, 0.3) is 0 Å². The van der Waals surface area contributed by atoms with Crippen molar-refractivity contribution in [2.45, 2.75) is 252 Å². The van der Waals surface area contributed by atoms with Crippen molar-refractivity contribution in [1.82, 2.24) is 0 Å². The average Bonchev–Trinajstić information content (AvgIpc) is 3.44. The van der Waals surface area contributed by atoms with Crippen molar-refractivity contribution < 1.29 is 23.5 Å². The number of hydrogen-bond acceptors (Lipinski definition) is 5. The summed E-state index contributed by atoms with van der Waals surface area (Å²) >= 11 is 0. The summed E-state index contributed by atoms with van der Waals surface area (Å²) in [7, 11) is 0. The van der Waals surface area contributed by atoms with E-state index in [1.807, 2.05) is 0 Å². The van der Waals surface area contributed by atoms with Crippen LogP contribution in [-0.2, 0) is 9.59 Å². The topological polar surface area (TPSA) is 65.7 Å². The van der Waals surface area contributed by atoms with Crippen molar-refractivity contribution in [3.05, 3.63) is 12.0 Å². The van der Waals surface area contributed by atoms with Crippen LogP contribution in [0.1, 0.15) is 251 Å². The van der Waals surface area contributed by atoms with Crippen LogP contribution >= 0.6 is 0 Å². The summed E-state index contributed by atoms with van der Waals surface area (Å²) in [4.78, 5) is 25.0. The fraction of sp³-hybridized carbons (Fsp3) is 0.867. The van der Waals surface area contributed by atoms with Crippen LogP contribution in [0.4, 0.5) is 0 Å². The number of carbonyl (C=O) groups excluding carboxylic acids is 2. The van der Waals surface area contributed by atoms with E-state index in [4.69, 9.17) is 13.9 Å². The summed E-state index contributed by atoms with van der Waals surface area (Å²) < 4.78 is 16.5. The van der Waals surface area contributed by atoms with E-state index < -0.39 is 0 Å². The number of ether oxygens (including phenoxy) is 2. The van der Waals surface area contributed by atoms with Gasteiger partial charge in [0.1, 0.15) is 12.0 Å². The van der Waals surface area contributed by atoms with Gasteiger partial charge in [0.2, 0.25) is 11.5 Å². The van der Waals surface area contributed by atoms with Gasteiger partial charge in [-0.05, 0) is 19.8 Å². The van der Waals surface area contributed by atoms with E-state index in [9.17, 15) is 9.59 Å². The molecule has 0 radical (unpaired) electrons. The Kier molecular flexibility index (Phi) is 32.9. The number of furan rings is 1. The lowest BCUT2D eigenvalue weighted by Gasteiger charge is -2.07. The van der Waals surface area contributed by atoms with Crippen LogP contribution in [0.3, 0.4) is 0 Å². The predicted octanol–water partition coefficient (Wildman–Crippen LogP) is 15.5. The molecule has 1 rings (SSSR count). The zero-order valence-corrected chi connectivity index (χ0v) is 33.6. The summed E-state index contributed by atoms with van der Waals surface area (Å²) in [5.74, 6) is 0.340. The molecule has 0 aromatic carbocycles. The molecule has 292 valence electrons. The summed E-state index contributed by atoms with van der Waals surface area (Å²) in [6.07, 6.45) is 46.7. The van der Waals surface area contributed by atoms with E-state index in [0.29, 0.717) is 18.6 Å². The van der Waals surface area contributed by atoms with Crippen molar-refractivity contribution in [3.8, 4) is 11.5 Å². The van der Waals surface area contributed by atoms with Gasteiger partial charge >= 0.3 is 11.9 Å². The molecular weight excluding hydrogens is 620 g/mol. The maximum atomic E-state index is 12.5.